The summed E-state index contributed by atoms with van der Waals surface area (Å²) in [7, 11) is 0. The van der Waals surface area contributed by atoms with Crippen LogP contribution in [0.3, 0.4) is 0 Å². The van der Waals surface area contributed by atoms with Crippen LogP contribution in [0.1, 0.15) is 6.42 Å². The Balaban J connectivity index is 2.11. The molecule has 80 valence electrons. The first-order chi connectivity index (χ1) is 7.16. The number of nitrogens with two attached hydrogens (primary N) is 2. The molecule has 0 saturated carbocycles. The summed E-state index contributed by atoms with van der Waals surface area (Å²) in [6.45, 7) is 1.40. The fourth-order valence-electron chi connectivity index (χ4n) is 1.74. The zero-order valence-electron chi connectivity index (χ0n) is 8.26. The van der Waals surface area contributed by atoms with Crippen LogP contribution in [0.15, 0.2) is 12.3 Å². The summed E-state index contributed by atoms with van der Waals surface area (Å²) < 4.78 is 0. The van der Waals surface area contributed by atoms with E-state index in [1.807, 2.05) is 4.90 Å². The average Bonchev–Trinajstić information content (AvgIpc) is 2.66. The molecule has 1 aromatic heterocycles. The fraction of sp³-hybridized carbons (Fsp3) is 0.444. The zero-order valence-corrected chi connectivity index (χ0v) is 8.26. The lowest BCUT2D eigenvalue weighted by molar-refractivity contribution is -0.121. The highest BCUT2D eigenvalue weighted by molar-refractivity contribution is 5.78. The van der Waals surface area contributed by atoms with E-state index in [0.29, 0.717) is 6.54 Å². The third-order valence-corrected chi connectivity index (χ3v) is 2.57. The van der Waals surface area contributed by atoms with Crippen LogP contribution in [0.2, 0.25) is 0 Å². The van der Waals surface area contributed by atoms with Crippen LogP contribution in [-0.4, -0.2) is 29.0 Å². The second-order valence-corrected chi connectivity index (χ2v) is 3.61. The van der Waals surface area contributed by atoms with Crippen molar-refractivity contribution in [2.45, 2.75) is 6.42 Å². The van der Waals surface area contributed by atoms with Crippen molar-refractivity contribution in [3.05, 3.63) is 12.3 Å². The summed E-state index contributed by atoms with van der Waals surface area (Å²) in [6.07, 6.45) is 2.38. The first-order valence-corrected chi connectivity index (χ1v) is 4.79. The molecular formula is C9H13N5O. The predicted octanol–water partition coefficient (Wildman–Crippen LogP) is -0.630. The second kappa shape index (κ2) is 3.72. The lowest BCUT2D eigenvalue weighted by atomic mass is 10.1. The van der Waals surface area contributed by atoms with Crippen molar-refractivity contribution < 1.29 is 4.79 Å². The molecule has 1 fully saturated rings. The van der Waals surface area contributed by atoms with Gasteiger partial charge in [0, 0.05) is 19.3 Å². The Kier molecular flexibility index (Phi) is 2.40. The van der Waals surface area contributed by atoms with E-state index < -0.39 is 0 Å². The van der Waals surface area contributed by atoms with Crippen molar-refractivity contribution in [2.24, 2.45) is 11.7 Å². The summed E-state index contributed by atoms with van der Waals surface area (Å²) in [5.41, 5.74) is 10.7. The van der Waals surface area contributed by atoms with E-state index in [1.54, 1.807) is 12.3 Å². The van der Waals surface area contributed by atoms with Gasteiger partial charge in [-0.3, -0.25) is 4.79 Å². The molecule has 1 aliphatic rings. The maximum Gasteiger partial charge on any atom is 0.222 e. The molecule has 1 unspecified atom stereocenters. The minimum absolute atomic E-state index is 0.0822. The highest BCUT2D eigenvalue weighted by Crippen LogP contribution is 2.21. The van der Waals surface area contributed by atoms with Gasteiger partial charge < -0.3 is 16.4 Å². The van der Waals surface area contributed by atoms with Crippen LogP contribution < -0.4 is 16.4 Å². The molecule has 0 aliphatic carbocycles. The molecule has 6 heteroatoms. The molecule has 1 aromatic rings. The molecular weight excluding hydrogens is 194 g/mol. The molecule has 1 aliphatic heterocycles. The normalized spacial score (nSPS) is 20.5. The molecule has 4 N–H and O–H groups in total. The van der Waals surface area contributed by atoms with Crippen molar-refractivity contribution in [2.75, 3.05) is 23.7 Å². The molecule has 15 heavy (non-hydrogen) atoms. The molecule has 1 saturated heterocycles. The van der Waals surface area contributed by atoms with Crippen molar-refractivity contribution in [1.82, 2.24) is 9.97 Å². The van der Waals surface area contributed by atoms with Crippen LogP contribution >= 0.6 is 0 Å². The number of primary amides is 1. The number of anilines is 2. The Labute approximate surface area is 87.3 Å². The van der Waals surface area contributed by atoms with Crippen molar-refractivity contribution in [3.8, 4) is 0 Å². The van der Waals surface area contributed by atoms with Gasteiger partial charge in [-0.15, -0.1) is 0 Å². The van der Waals surface area contributed by atoms with Crippen LogP contribution in [0.5, 0.6) is 0 Å². The summed E-state index contributed by atoms with van der Waals surface area (Å²) in [5, 5.41) is 0. The standard InChI is InChI=1S/C9H13N5O/c10-8(15)6-2-4-14(5-6)7-1-3-12-9(11)13-7/h1,3,6H,2,4-5H2,(H2,10,15)(H2,11,12,13). The molecule has 0 radical (unpaired) electrons. The van der Waals surface area contributed by atoms with Gasteiger partial charge in [-0.25, -0.2) is 4.98 Å². The molecule has 0 aromatic carbocycles. The van der Waals surface area contributed by atoms with Gasteiger partial charge in [0.15, 0.2) is 0 Å². The number of nitrogens with zero attached hydrogens (tertiary/aromatic N) is 3. The largest absolute Gasteiger partial charge is 0.369 e. The monoisotopic (exact) mass is 207 g/mol. The Morgan fingerprint density at radius 2 is 2.40 bits per heavy atom. The van der Waals surface area contributed by atoms with Gasteiger partial charge in [0.05, 0.1) is 5.92 Å². The van der Waals surface area contributed by atoms with Gasteiger partial charge in [0.1, 0.15) is 5.82 Å². The summed E-state index contributed by atoms with van der Waals surface area (Å²) >= 11 is 0. The average molecular weight is 207 g/mol. The van der Waals surface area contributed by atoms with Gasteiger partial charge in [0.2, 0.25) is 11.9 Å². The van der Waals surface area contributed by atoms with Crippen LogP contribution in [0, 0.1) is 5.92 Å². The van der Waals surface area contributed by atoms with Gasteiger partial charge in [-0.05, 0) is 12.5 Å². The van der Waals surface area contributed by atoms with Crippen molar-refractivity contribution in [1.29, 1.82) is 0 Å². The maximum atomic E-state index is 11.0. The number of carbonyl (C=O) groups excluding carboxylic acids is 1. The summed E-state index contributed by atoms with van der Waals surface area (Å²) in [4.78, 5) is 20.9. The fourth-order valence-corrected chi connectivity index (χ4v) is 1.74. The van der Waals surface area contributed by atoms with Gasteiger partial charge in [-0.2, -0.15) is 4.98 Å². The number of nitrogen functional groups attached to an aromatic ring is 1. The van der Waals surface area contributed by atoms with E-state index in [1.165, 1.54) is 0 Å². The van der Waals surface area contributed by atoms with E-state index in [4.69, 9.17) is 11.5 Å². The molecule has 0 bridgehead atoms. The first kappa shape index (κ1) is 9.70. The first-order valence-electron chi connectivity index (χ1n) is 4.79. The Morgan fingerprint density at radius 1 is 1.60 bits per heavy atom. The number of hydrogen-bond donors (Lipinski definition) is 2. The third-order valence-electron chi connectivity index (χ3n) is 2.57. The van der Waals surface area contributed by atoms with E-state index in [9.17, 15) is 4.79 Å². The van der Waals surface area contributed by atoms with Crippen LogP contribution in [-0.2, 0) is 4.79 Å². The minimum atomic E-state index is -0.250. The van der Waals surface area contributed by atoms with E-state index in [0.717, 1.165) is 18.8 Å². The van der Waals surface area contributed by atoms with Gasteiger partial charge >= 0.3 is 0 Å². The van der Waals surface area contributed by atoms with Crippen LogP contribution in [0.4, 0.5) is 11.8 Å². The third kappa shape index (κ3) is 1.98. The predicted molar refractivity (Wildman–Crippen MR) is 56.0 cm³/mol. The summed E-state index contributed by atoms with van der Waals surface area (Å²) in [6, 6.07) is 1.78. The Bertz CT molecular complexity index is 381. The summed E-state index contributed by atoms with van der Waals surface area (Å²) in [5.74, 6) is 0.669. The molecule has 2 rings (SSSR count). The quantitative estimate of drug-likeness (QED) is 0.672. The topological polar surface area (TPSA) is 98.1 Å². The van der Waals surface area contributed by atoms with E-state index >= 15 is 0 Å². The van der Waals surface area contributed by atoms with Gasteiger partial charge in [0.25, 0.3) is 0 Å². The lowest BCUT2D eigenvalue weighted by Crippen LogP contribution is -2.27. The highest BCUT2D eigenvalue weighted by atomic mass is 16.1. The SMILES string of the molecule is NC(=O)C1CCN(c2ccnc(N)n2)C1. The zero-order chi connectivity index (χ0) is 10.8. The van der Waals surface area contributed by atoms with Crippen molar-refractivity contribution in [3.63, 3.8) is 0 Å². The lowest BCUT2D eigenvalue weighted by Gasteiger charge is -2.16. The maximum absolute atomic E-state index is 11.0. The number of hydrogen-bond acceptors (Lipinski definition) is 5. The molecule has 6 nitrogen and oxygen atoms in total. The number of aromatic nitrogens is 2. The van der Waals surface area contributed by atoms with Gasteiger partial charge in [-0.1, -0.05) is 0 Å². The Hall–Kier alpha value is -1.85. The van der Waals surface area contributed by atoms with E-state index in [2.05, 4.69) is 9.97 Å². The molecule has 2 heterocycles. The molecule has 1 atom stereocenters. The number of rotatable bonds is 2. The Morgan fingerprint density at radius 3 is 3.00 bits per heavy atom. The van der Waals surface area contributed by atoms with E-state index in [-0.39, 0.29) is 17.8 Å². The smallest absolute Gasteiger partial charge is 0.222 e. The second-order valence-electron chi connectivity index (χ2n) is 3.61. The van der Waals surface area contributed by atoms with Crippen LogP contribution in [0.25, 0.3) is 0 Å². The molecule has 1 amide bonds. The number of amides is 1. The van der Waals surface area contributed by atoms with Crippen molar-refractivity contribution >= 4 is 17.7 Å². The molecule has 0 spiro atoms. The minimum Gasteiger partial charge on any atom is -0.369 e. The highest BCUT2D eigenvalue weighted by Gasteiger charge is 2.27. The number of carbonyl (C=O) groups is 1.